The summed E-state index contributed by atoms with van der Waals surface area (Å²) in [6.07, 6.45) is 8.76. The summed E-state index contributed by atoms with van der Waals surface area (Å²) in [5, 5.41) is 10.9. The molecule has 1 aliphatic carbocycles. The van der Waals surface area contributed by atoms with Gasteiger partial charge in [0.25, 0.3) is 0 Å². The molecule has 0 bridgehead atoms. The van der Waals surface area contributed by atoms with Crippen LogP contribution in [0.25, 0.3) is 11.0 Å². The molecule has 1 aromatic heterocycles. The maximum atomic E-state index is 9.65. The van der Waals surface area contributed by atoms with Gasteiger partial charge in [0, 0.05) is 31.4 Å². The SMILES string of the molecule is O[C@H]1CCN(Cc2ccc3oc(CC4CCCCC4)cc3c2)C1. The summed E-state index contributed by atoms with van der Waals surface area (Å²) in [4.78, 5) is 2.33. The predicted molar refractivity (Wildman–Crippen MR) is 92.4 cm³/mol. The largest absolute Gasteiger partial charge is 0.461 e. The molecule has 0 amide bonds. The van der Waals surface area contributed by atoms with Gasteiger partial charge >= 0.3 is 0 Å². The van der Waals surface area contributed by atoms with Crippen LogP contribution in [0, 0.1) is 5.92 Å². The molecule has 2 heterocycles. The van der Waals surface area contributed by atoms with Gasteiger partial charge in [-0.15, -0.1) is 0 Å². The van der Waals surface area contributed by atoms with Gasteiger partial charge in [-0.05, 0) is 36.1 Å². The van der Waals surface area contributed by atoms with E-state index in [0.29, 0.717) is 0 Å². The Hall–Kier alpha value is -1.32. The zero-order chi connectivity index (χ0) is 15.6. The Bertz CT molecular complexity index is 652. The molecule has 0 radical (unpaired) electrons. The molecule has 0 spiro atoms. The van der Waals surface area contributed by atoms with Gasteiger partial charge in [-0.2, -0.15) is 0 Å². The maximum absolute atomic E-state index is 9.65. The van der Waals surface area contributed by atoms with E-state index in [1.165, 1.54) is 43.1 Å². The molecule has 4 rings (SSSR count). The average Bonchev–Trinajstić information content (AvgIpc) is 3.13. The molecule has 1 atom stereocenters. The fraction of sp³-hybridized carbons (Fsp3) is 0.600. The van der Waals surface area contributed by atoms with Crippen molar-refractivity contribution in [2.24, 2.45) is 5.92 Å². The topological polar surface area (TPSA) is 36.6 Å². The number of fused-ring (bicyclic) bond motifs is 1. The molecule has 0 unspecified atom stereocenters. The van der Waals surface area contributed by atoms with Crippen molar-refractivity contribution in [3.63, 3.8) is 0 Å². The highest BCUT2D eigenvalue weighted by molar-refractivity contribution is 5.78. The molecule has 1 saturated carbocycles. The Balaban J connectivity index is 1.45. The molecule has 3 heteroatoms. The Morgan fingerprint density at radius 3 is 2.74 bits per heavy atom. The number of aliphatic hydroxyl groups excluding tert-OH is 1. The average molecular weight is 313 g/mol. The van der Waals surface area contributed by atoms with Crippen LogP contribution in [0.15, 0.2) is 28.7 Å². The number of likely N-dealkylation sites (tertiary alicyclic amines) is 1. The fourth-order valence-electron chi connectivity index (χ4n) is 4.24. The minimum Gasteiger partial charge on any atom is -0.461 e. The van der Waals surface area contributed by atoms with Gasteiger partial charge < -0.3 is 9.52 Å². The van der Waals surface area contributed by atoms with Crippen molar-refractivity contribution in [3.8, 4) is 0 Å². The normalized spacial score (nSPS) is 23.8. The van der Waals surface area contributed by atoms with E-state index in [0.717, 1.165) is 49.7 Å². The second-order valence-electron chi connectivity index (χ2n) is 7.47. The zero-order valence-electron chi connectivity index (χ0n) is 13.8. The molecule has 124 valence electrons. The Morgan fingerprint density at radius 1 is 1.09 bits per heavy atom. The molecule has 23 heavy (non-hydrogen) atoms. The number of β-amino-alcohol motifs (C(OH)–C–C–N with tert-alkyl or cyclic N) is 1. The Morgan fingerprint density at radius 2 is 1.96 bits per heavy atom. The molecular formula is C20H27NO2. The van der Waals surface area contributed by atoms with Crippen LogP contribution in [0.4, 0.5) is 0 Å². The summed E-state index contributed by atoms with van der Waals surface area (Å²) in [5.41, 5.74) is 2.33. The van der Waals surface area contributed by atoms with E-state index in [-0.39, 0.29) is 6.10 Å². The van der Waals surface area contributed by atoms with Crippen molar-refractivity contribution in [3.05, 3.63) is 35.6 Å². The summed E-state index contributed by atoms with van der Waals surface area (Å²) >= 11 is 0. The second kappa shape index (κ2) is 6.66. The first-order valence-corrected chi connectivity index (χ1v) is 9.18. The third-order valence-electron chi connectivity index (χ3n) is 5.50. The molecule has 3 nitrogen and oxygen atoms in total. The molecule has 1 aliphatic heterocycles. The van der Waals surface area contributed by atoms with Crippen molar-refractivity contribution in [2.45, 2.75) is 57.6 Å². The van der Waals surface area contributed by atoms with Gasteiger partial charge in [0.2, 0.25) is 0 Å². The zero-order valence-corrected chi connectivity index (χ0v) is 13.8. The van der Waals surface area contributed by atoms with Gasteiger partial charge in [-0.1, -0.05) is 38.2 Å². The van der Waals surface area contributed by atoms with Crippen LogP contribution < -0.4 is 0 Å². The lowest BCUT2D eigenvalue weighted by molar-refractivity contribution is 0.175. The van der Waals surface area contributed by atoms with Gasteiger partial charge in [0.05, 0.1) is 6.10 Å². The highest BCUT2D eigenvalue weighted by atomic mass is 16.3. The lowest BCUT2D eigenvalue weighted by Crippen LogP contribution is -2.21. The molecule has 1 aromatic carbocycles. The quantitative estimate of drug-likeness (QED) is 0.922. The number of benzene rings is 1. The smallest absolute Gasteiger partial charge is 0.134 e. The summed E-state index contributed by atoms with van der Waals surface area (Å²) in [7, 11) is 0. The molecule has 1 saturated heterocycles. The first kappa shape index (κ1) is 15.2. The number of furan rings is 1. The second-order valence-corrected chi connectivity index (χ2v) is 7.47. The van der Waals surface area contributed by atoms with Gasteiger partial charge in [-0.25, -0.2) is 0 Å². The van der Waals surface area contributed by atoms with Crippen molar-refractivity contribution in [2.75, 3.05) is 13.1 Å². The van der Waals surface area contributed by atoms with Crippen LogP contribution in [0.3, 0.4) is 0 Å². The van der Waals surface area contributed by atoms with E-state index in [1.807, 2.05) is 0 Å². The van der Waals surface area contributed by atoms with E-state index < -0.39 is 0 Å². The van der Waals surface area contributed by atoms with E-state index in [9.17, 15) is 5.11 Å². The van der Waals surface area contributed by atoms with Crippen molar-refractivity contribution < 1.29 is 9.52 Å². The lowest BCUT2D eigenvalue weighted by Gasteiger charge is -2.20. The van der Waals surface area contributed by atoms with Crippen LogP contribution in [0.5, 0.6) is 0 Å². The summed E-state index contributed by atoms with van der Waals surface area (Å²) in [6, 6.07) is 8.78. The van der Waals surface area contributed by atoms with Gasteiger partial charge in [0.1, 0.15) is 11.3 Å². The van der Waals surface area contributed by atoms with Crippen LogP contribution >= 0.6 is 0 Å². The highest BCUT2D eigenvalue weighted by Gasteiger charge is 2.20. The highest BCUT2D eigenvalue weighted by Crippen LogP contribution is 2.29. The number of nitrogens with zero attached hydrogens (tertiary/aromatic N) is 1. The third-order valence-corrected chi connectivity index (χ3v) is 5.50. The van der Waals surface area contributed by atoms with E-state index in [4.69, 9.17) is 4.42 Å². The molecular weight excluding hydrogens is 286 g/mol. The number of hydrogen-bond donors (Lipinski definition) is 1. The minimum atomic E-state index is -0.144. The molecule has 2 aliphatic rings. The van der Waals surface area contributed by atoms with Crippen molar-refractivity contribution in [1.82, 2.24) is 4.90 Å². The van der Waals surface area contributed by atoms with Crippen LogP contribution in [0.2, 0.25) is 0 Å². The minimum absolute atomic E-state index is 0.144. The first-order chi connectivity index (χ1) is 11.3. The van der Waals surface area contributed by atoms with E-state index in [1.54, 1.807) is 0 Å². The van der Waals surface area contributed by atoms with E-state index >= 15 is 0 Å². The van der Waals surface area contributed by atoms with Crippen LogP contribution in [-0.4, -0.2) is 29.2 Å². The molecule has 1 N–H and O–H groups in total. The van der Waals surface area contributed by atoms with Crippen LogP contribution in [-0.2, 0) is 13.0 Å². The van der Waals surface area contributed by atoms with Crippen molar-refractivity contribution >= 4 is 11.0 Å². The van der Waals surface area contributed by atoms with E-state index in [2.05, 4.69) is 29.2 Å². The number of aliphatic hydroxyl groups is 1. The summed E-state index contributed by atoms with van der Waals surface area (Å²) in [6.45, 7) is 2.73. The number of rotatable bonds is 4. The van der Waals surface area contributed by atoms with Crippen LogP contribution in [0.1, 0.15) is 49.8 Å². The van der Waals surface area contributed by atoms with Gasteiger partial charge in [0.15, 0.2) is 0 Å². The first-order valence-electron chi connectivity index (χ1n) is 9.18. The standard InChI is InChI=1S/C20H27NO2/c22-18-8-9-21(14-18)13-16-6-7-20-17(10-16)12-19(23-20)11-15-4-2-1-3-5-15/h6-7,10,12,15,18,22H,1-5,8-9,11,13-14H2/t18-/m0/s1. The van der Waals surface area contributed by atoms with Crippen molar-refractivity contribution in [1.29, 1.82) is 0 Å². The third kappa shape index (κ3) is 3.61. The maximum Gasteiger partial charge on any atom is 0.134 e. The Labute approximate surface area is 138 Å². The number of hydrogen-bond acceptors (Lipinski definition) is 3. The predicted octanol–water partition coefficient (Wildman–Crippen LogP) is 4.12. The summed E-state index contributed by atoms with van der Waals surface area (Å²) < 4.78 is 6.06. The lowest BCUT2D eigenvalue weighted by atomic mass is 9.86. The molecule has 2 fully saturated rings. The monoisotopic (exact) mass is 313 g/mol. The summed E-state index contributed by atoms with van der Waals surface area (Å²) in [5.74, 6) is 1.97. The fourth-order valence-corrected chi connectivity index (χ4v) is 4.24. The van der Waals surface area contributed by atoms with Gasteiger partial charge in [-0.3, -0.25) is 4.90 Å². The Kier molecular flexibility index (Phi) is 4.41. The molecule has 2 aromatic rings.